The number of rotatable bonds is 9. The molecule has 1 aromatic carbocycles. The van der Waals surface area contributed by atoms with Crippen LogP contribution in [0.15, 0.2) is 28.9 Å². The van der Waals surface area contributed by atoms with E-state index in [0.717, 1.165) is 18.5 Å². The number of benzene rings is 1. The number of carbonyl (C=O) groups excluding carboxylic acids is 1. The number of hydrogen-bond donors (Lipinski definition) is 0. The van der Waals surface area contributed by atoms with E-state index in [1.54, 1.807) is 33.1 Å². The maximum atomic E-state index is 14.4. The van der Waals surface area contributed by atoms with Crippen molar-refractivity contribution in [1.29, 1.82) is 0 Å². The van der Waals surface area contributed by atoms with E-state index in [1.165, 1.54) is 19.2 Å². The van der Waals surface area contributed by atoms with E-state index in [2.05, 4.69) is 4.98 Å². The van der Waals surface area contributed by atoms with Crippen molar-refractivity contribution in [2.75, 3.05) is 20.3 Å². The van der Waals surface area contributed by atoms with Crippen LogP contribution in [0.25, 0.3) is 0 Å². The zero-order valence-corrected chi connectivity index (χ0v) is 19.4. The molecule has 1 aliphatic rings. The Morgan fingerprint density at radius 1 is 1.28 bits per heavy atom. The number of aryl methyl sites for hydroxylation is 1. The van der Waals surface area contributed by atoms with Gasteiger partial charge in [0.15, 0.2) is 17.4 Å². The molecule has 3 rings (SSSR count). The van der Waals surface area contributed by atoms with Gasteiger partial charge in [-0.05, 0) is 58.2 Å². The lowest BCUT2D eigenvalue weighted by atomic mass is 9.95. The molecule has 176 valence electrons. The highest BCUT2D eigenvalue weighted by Gasteiger charge is 2.31. The van der Waals surface area contributed by atoms with E-state index in [0.29, 0.717) is 31.1 Å². The van der Waals surface area contributed by atoms with E-state index in [4.69, 9.17) is 23.4 Å². The van der Waals surface area contributed by atoms with Gasteiger partial charge in [-0.15, -0.1) is 0 Å². The average molecular weight is 450 g/mol. The molecule has 1 atom stereocenters. The first-order valence-corrected chi connectivity index (χ1v) is 10.9. The molecule has 0 amide bonds. The Morgan fingerprint density at radius 2 is 2.00 bits per heavy atom. The van der Waals surface area contributed by atoms with Crippen molar-refractivity contribution in [1.82, 2.24) is 4.98 Å². The maximum Gasteiger partial charge on any atom is 0.307 e. The second-order valence-corrected chi connectivity index (χ2v) is 9.10. The summed E-state index contributed by atoms with van der Waals surface area (Å²) in [5.41, 5.74) is 0.683. The topological polar surface area (TPSA) is 80.0 Å². The summed E-state index contributed by atoms with van der Waals surface area (Å²) in [6.45, 7) is 8.55. The third-order valence-electron chi connectivity index (χ3n) is 5.20. The minimum atomic E-state index is -0.630. The fourth-order valence-electron chi connectivity index (χ4n) is 3.69. The van der Waals surface area contributed by atoms with E-state index in [1.807, 2.05) is 6.92 Å². The fourth-order valence-corrected chi connectivity index (χ4v) is 3.69. The molecule has 1 aliphatic heterocycles. The van der Waals surface area contributed by atoms with Crippen LogP contribution in [0.1, 0.15) is 70.0 Å². The molecule has 32 heavy (non-hydrogen) atoms. The Kier molecular flexibility index (Phi) is 7.56. The number of oxazole rings is 1. The summed E-state index contributed by atoms with van der Waals surface area (Å²) in [5.74, 6) is -1.60. The molecule has 1 fully saturated rings. The van der Waals surface area contributed by atoms with E-state index in [-0.39, 0.29) is 12.2 Å². The quantitative estimate of drug-likeness (QED) is 0.510. The first-order chi connectivity index (χ1) is 15.1. The summed E-state index contributed by atoms with van der Waals surface area (Å²) in [6.07, 6.45) is 3.76. The highest BCUT2D eigenvalue weighted by molar-refractivity contribution is 5.71. The molecule has 2 aromatic rings. The molecule has 0 aliphatic carbocycles. The largest absolute Gasteiger partial charge is 0.494 e. The van der Waals surface area contributed by atoms with Gasteiger partial charge in [-0.1, -0.05) is 6.07 Å². The van der Waals surface area contributed by atoms with Crippen molar-refractivity contribution in [3.63, 3.8) is 0 Å². The lowest BCUT2D eigenvalue weighted by Gasteiger charge is -2.22. The second-order valence-electron chi connectivity index (χ2n) is 9.10. The summed E-state index contributed by atoms with van der Waals surface area (Å²) in [6, 6.07) is 4.57. The summed E-state index contributed by atoms with van der Waals surface area (Å²) >= 11 is 0. The van der Waals surface area contributed by atoms with Crippen molar-refractivity contribution in [3.05, 3.63) is 47.4 Å². The summed E-state index contributed by atoms with van der Waals surface area (Å²) in [7, 11) is 1.40. The highest BCUT2D eigenvalue weighted by atomic mass is 19.1. The molecule has 0 spiro atoms. The van der Waals surface area contributed by atoms with Gasteiger partial charge in [0.1, 0.15) is 11.9 Å². The number of carbonyl (C=O) groups is 1. The third-order valence-corrected chi connectivity index (χ3v) is 5.20. The van der Waals surface area contributed by atoms with Crippen LogP contribution < -0.4 is 4.74 Å². The third kappa shape index (κ3) is 6.53. The smallest absolute Gasteiger partial charge is 0.307 e. The van der Waals surface area contributed by atoms with Crippen LogP contribution >= 0.6 is 0 Å². The summed E-state index contributed by atoms with van der Waals surface area (Å²) in [5, 5.41) is 0. The average Bonchev–Trinajstić information content (AvgIpc) is 3.34. The van der Waals surface area contributed by atoms with Crippen molar-refractivity contribution < 1.29 is 32.5 Å². The van der Waals surface area contributed by atoms with Crippen LogP contribution in [0.5, 0.6) is 5.75 Å². The van der Waals surface area contributed by atoms with Gasteiger partial charge in [0.25, 0.3) is 0 Å². The Balaban J connectivity index is 1.75. The second kappa shape index (κ2) is 10.0. The maximum absolute atomic E-state index is 14.4. The van der Waals surface area contributed by atoms with Crippen LogP contribution in [-0.4, -0.2) is 42.7 Å². The van der Waals surface area contributed by atoms with Crippen molar-refractivity contribution in [3.8, 4) is 5.75 Å². The first-order valence-electron chi connectivity index (χ1n) is 10.9. The van der Waals surface area contributed by atoms with Gasteiger partial charge in [-0.3, -0.25) is 4.79 Å². The van der Waals surface area contributed by atoms with Crippen LogP contribution in [0.3, 0.4) is 0 Å². The molecule has 7 nitrogen and oxygen atoms in total. The Morgan fingerprint density at radius 3 is 2.62 bits per heavy atom. The molecule has 1 aromatic heterocycles. The highest BCUT2D eigenvalue weighted by Crippen LogP contribution is 2.32. The van der Waals surface area contributed by atoms with Crippen LogP contribution in [0, 0.1) is 5.82 Å². The van der Waals surface area contributed by atoms with E-state index in [9.17, 15) is 9.18 Å². The van der Waals surface area contributed by atoms with Gasteiger partial charge in [0, 0.05) is 6.42 Å². The number of aromatic nitrogens is 1. The lowest BCUT2D eigenvalue weighted by Crippen LogP contribution is -2.25. The number of halogens is 1. The molecule has 0 radical (unpaired) electrons. The van der Waals surface area contributed by atoms with Gasteiger partial charge in [-0.25, -0.2) is 9.37 Å². The predicted octanol–water partition coefficient (Wildman–Crippen LogP) is 4.77. The predicted molar refractivity (Wildman–Crippen MR) is 115 cm³/mol. The van der Waals surface area contributed by atoms with E-state index < -0.39 is 29.1 Å². The molecule has 0 saturated carbocycles. The fraction of sp³-hybridized carbons (Fsp3) is 0.583. The standard InChI is InChI=1S/C24H32FNO6/c1-23(2,3)32-21(27)14-18(16-8-9-20(28-5)19(25)13-16)22-26-17(15-29-22)7-6-10-24(4)30-11-12-31-24/h8-9,13,15,18H,6-7,10-12,14H2,1-5H3. The molecule has 2 heterocycles. The normalized spacial score (nSPS) is 16.7. The van der Waals surface area contributed by atoms with Gasteiger partial charge in [-0.2, -0.15) is 0 Å². The molecule has 0 bridgehead atoms. The van der Waals surface area contributed by atoms with Crippen molar-refractivity contribution in [2.24, 2.45) is 0 Å². The van der Waals surface area contributed by atoms with Gasteiger partial charge in [0.2, 0.25) is 5.89 Å². The number of hydrogen-bond acceptors (Lipinski definition) is 7. The molecule has 8 heteroatoms. The number of esters is 1. The van der Waals surface area contributed by atoms with Crippen molar-refractivity contribution >= 4 is 5.97 Å². The number of nitrogens with zero attached hydrogens (tertiary/aromatic N) is 1. The SMILES string of the molecule is COc1ccc(C(CC(=O)OC(C)(C)C)c2nc(CCCC3(C)OCCO3)co2)cc1F. The number of methoxy groups -OCH3 is 1. The minimum absolute atomic E-state index is 0.0251. The molecule has 1 unspecified atom stereocenters. The van der Waals surface area contributed by atoms with Gasteiger partial charge >= 0.3 is 5.97 Å². The Bertz CT molecular complexity index is 913. The van der Waals surface area contributed by atoms with Crippen LogP contribution in [-0.2, 0) is 25.4 Å². The lowest BCUT2D eigenvalue weighted by molar-refractivity contribution is -0.155. The Labute approximate surface area is 188 Å². The van der Waals surface area contributed by atoms with Crippen LogP contribution in [0.4, 0.5) is 4.39 Å². The molecular weight excluding hydrogens is 417 g/mol. The summed E-state index contributed by atoms with van der Waals surface area (Å²) < 4.78 is 41.8. The molecule has 0 N–H and O–H groups in total. The zero-order chi connectivity index (χ0) is 23.4. The minimum Gasteiger partial charge on any atom is -0.494 e. The van der Waals surface area contributed by atoms with Gasteiger partial charge in [0.05, 0.1) is 38.4 Å². The Hall–Kier alpha value is -2.45. The first kappa shape index (κ1) is 24.2. The van der Waals surface area contributed by atoms with Gasteiger partial charge < -0.3 is 23.4 Å². The monoisotopic (exact) mass is 449 g/mol. The molecular formula is C24H32FNO6. The zero-order valence-electron chi connectivity index (χ0n) is 19.4. The summed E-state index contributed by atoms with van der Waals surface area (Å²) in [4.78, 5) is 17.1. The van der Waals surface area contributed by atoms with Crippen molar-refractivity contribution in [2.45, 2.75) is 70.7 Å². The van der Waals surface area contributed by atoms with E-state index >= 15 is 0 Å². The molecule has 1 saturated heterocycles. The number of ether oxygens (including phenoxy) is 4. The van der Waals surface area contributed by atoms with Crippen LogP contribution in [0.2, 0.25) is 0 Å².